The number of phenolic OH excluding ortho intramolecular Hbond substituents is 1. The minimum absolute atomic E-state index is 0.0608. The third-order valence-corrected chi connectivity index (χ3v) is 4.93. The highest BCUT2D eigenvalue weighted by Gasteiger charge is 2.31. The van der Waals surface area contributed by atoms with Crippen LogP contribution in [0, 0.1) is 0 Å². The fraction of sp³-hybridized carbons (Fsp3) is 0.435. The van der Waals surface area contributed by atoms with Crippen molar-refractivity contribution >= 4 is 5.71 Å². The van der Waals surface area contributed by atoms with E-state index in [1.165, 1.54) is 12.8 Å². The molecule has 1 aliphatic rings. The summed E-state index contributed by atoms with van der Waals surface area (Å²) in [5.74, 6) is 0.844. The minimum Gasteiger partial charge on any atom is -0.507 e. The highest BCUT2D eigenvalue weighted by Crippen LogP contribution is 2.39. The van der Waals surface area contributed by atoms with Gasteiger partial charge in [-0.3, -0.25) is 4.99 Å². The Labute approximate surface area is 161 Å². The summed E-state index contributed by atoms with van der Waals surface area (Å²) in [4.78, 5) is 4.67. The van der Waals surface area contributed by atoms with Crippen LogP contribution in [0.15, 0.2) is 47.5 Å². The number of benzene rings is 2. The van der Waals surface area contributed by atoms with Gasteiger partial charge < -0.3 is 14.9 Å². The first-order valence-corrected chi connectivity index (χ1v) is 9.86. The maximum absolute atomic E-state index is 10.8. The number of hydrogen-bond donors (Lipinski definition) is 2. The van der Waals surface area contributed by atoms with Crippen molar-refractivity contribution in [1.82, 2.24) is 0 Å². The lowest BCUT2D eigenvalue weighted by molar-refractivity contribution is 0.203. The molecular weight excluding hydrogens is 338 g/mol. The normalized spacial score (nSPS) is 18.8. The van der Waals surface area contributed by atoms with Crippen LogP contribution in [0.3, 0.4) is 0 Å². The van der Waals surface area contributed by atoms with Crippen molar-refractivity contribution in [1.29, 1.82) is 0 Å². The number of hydrogen-bond acceptors (Lipinski definition) is 4. The van der Waals surface area contributed by atoms with Crippen molar-refractivity contribution in [3.05, 3.63) is 59.2 Å². The van der Waals surface area contributed by atoms with Gasteiger partial charge in [-0.25, -0.2) is 0 Å². The first-order valence-electron chi connectivity index (χ1n) is 9.86. The lowest BCUT2D eigenvalue weighted by atomic mass is 9.86. The number of nitrogens with zero attached hydrogens (tertiary/aromatic N) is 1. The van der Waals surface area contributed by atoms with E-state index in [1.807, 2.05) is 42.5 Å². The Morgan fingerprint density at radius 3 is 2.67 bits per heavy atom. The highest BCUT2D eigenvalue weighted by molar-refractivity contribution is 6.10. The predicted molar refractivity (Wildman–Crippen MR) is 109 cm³/mol. The summed E-state index contributed by atoms with van der Waals surface area (Å²) in [5.41, 5.74) is 3.64. The van der Waals surface area contributed by atoms with Crippen LogP contribution in [-0.2, 0) is 6.42 Å². The van der Waals surface area contributed by atoms with E-state index >= 15 is 0 Å². The number of aryl methyl sites for hydroxylation is 1. The van der Waals surface area contributed by atoms with Gasteiger partial charge in [-0.2, -0.15) is 0 Å². The van der Waals surface area contributed by atoms with Gasteiger partial charge in [-0.15, -0.1) is 0 Å². The number of unbranched alkanes of at least 4 members (excludes halogenated alkanes) is 2. The molecule has 0 radical (unpaired) electrons. The molecule has 0 bridgehead atoms. The number of fused-ring (bicyclic) bond motifs is 1. The second-order valence-electron chi connectivity index (χ2n) is 7.29. The van der Waals surface area contributed by atoms with Gasteiger partial charge in [0.2, 0.25) is 0 Å². The van der Waals surface area contributed by atoms with Crippen molar-refractivity contribution < 1.29 is 14.9 Å². The van der Waals surface area contributed by atoms with Gasteiger partial charge >= 0.3 is 0 Å². The summed E-state index contributed by atoms with van der Waals surface area (Å²) in [6.07, 6.45) is 3.85. The third-order valence-electron chi connectivity index (χ3n) is 4.93. The molecule has 3 rings (SSSR count). The Balaban J connectivity index is 1.98. The molecule has 0 saturated carbocycles. The number of phenols is 1. The Morgan fingerprint density at radius 2 is 1.96 bits per heavy atom. The molecular formula is C23H29NO3. The van der Waals surface area contributed by atoms with Crippen molar-refractivity contribution in [3.8, 4) is 11.5 Å². The van der Waals surface area contributed by atoms with E-state index in [4.69, 9.17) is 4.74 Å². The topological polar surface area (TPSA) is 62.0 Å². The van der Waals surface area contributed by atoms with E-state index in [0.29, 0.717) is 24.5 Å². The number of aromatic hydroxyl groups is 1. The average Bonchev–Trinajstić information content (AvgIpc) is 2.66. The number of aliphatic hydroxyl groups excluding tert-OH is 1. The van der Waals surface area contributed by atoms with Crippen LogP contribution in [0.4, 0.5) is 0 Å². The zero-order valence-electron chi connectivity index (χ0n) is 16.2. The van der Waals surface area contributed by atoms with E-state index < -0.39 is 6.10 Å². The summed E-state index contributed by atoms with van der Waals surface area (Å²) in [5, 5.41) is 20.5. The van der Waals surface area contributed by atoms with E-state index in [2.05, 4.69) is 11.9 Å². The Kier molecular flexibility index (Phi) is 6.51. The molecule has 144 valence electrons. The molecule has 2 unspecified atom stereocenters. The van der Waals surface area contributed by atoms with Gasteiger partial charge in [0, 0.05) is 0 Å². The summed E-state index contributed by atoms with van der Waals surface area (Å²) >= 11 is 0. The van der Waals surface area contributed by atoms with Crippen LogP contribution >= 0.6 is 0 Å². The van der Waals surface area contributed by atoms with Crippen LogP contribution in [0.1, 0.15) is 55.7 Å². The first kappa shape index (κ1) is 19.4. The quantitative estimate of drug-likeness (QED) is 0.710. The molecule has 0 amide bonds. The number of ether oxygens (including phenoxy) is 1. The largest absolute Gasteiger partial charge is 0.507 e. The summed E-state index contributed by atoms with van der Waals surface area (Å²) in [6, 6.07) is 13.9. The third kappa shape index (κ3) is 4.69. The molecule has 27 heavy (non-hydrogen) atoms. The molecule has 1 aliphatic heterocycles. The van der Waals surface area contributed by atoms with Crippen LogP contribution in [0.2, 0.25) is 0 Å². The van der Waals surface area contributed by atoms with Gasteiger partial charge in [-0.1, -0.05) is 50.1 Å². The second kappa shape index (κ2) is 9.05. The van der Waals surface area contributed by atoms with Gasteiger partial charge in [0.15, 0.2) is 0 Å². The standard InChI is InChI=1S/C23H29NO3/c1-3-4-6-9-17-12-20(26)22-21(13-17)27-15-19(18-10-7-5-8-11-18)23(22)24-14-16(2)25/h5,7-8,10-13,16,19,25-26H,3-4,6,9,14-15H2,1-2H3. The molecule has 2 N–H and O–H groups in total. The van der Waals surface area contributed by atoms with Crippen molar-refractivity contribution in [2.24, 2.45) is 4.99 Å². The summed E-state index contributed by atoms with van der Waals surface area (Å²) in [6.45, 7) is 4.68. The predicted octanol–water partition coefficient (Wildman–Crippen LogP) is 4.47. The van der Waals surface area contributed by atoms with Crippen LogP contribution in [0.25, 0.3) is 0 Å². The number of aliphatic hydroxyl groups is 1. The fourth-order valence-electron chi connectivity index (χ4n) is 3.54. The summed E-state index contributed by atoms with van der Waals surface area (Å²) < 4.78 is 6.05. The van der Waals surface area contributed by atoms with Crippen LogP contribution in [0.5, 0.6) is 11.5 Å². The Morgan fingerprint density at radius 1 is 1.19 bits per heavy atom. The molecule has 2 atom stereocenters. The highest BCUT2D eigenvalue weighted by atomic mass is 16.5. The molecule has 0 fully saturated rings. The van der Waals surface area contributed by atoms with Gasteiger partial charge in [0.05, 0.1) is 29.8 Å². The maximum atomic E-state index is 10.8. The summed E-state index contributed by atoms with van der Waals surface area (Å²) in [7, 11) is 0. The van der Waals surface area contributed by atoms with Crippen molar-refractivity contribution in [2.45, 2.75) is 51.6 Å². The van der Waals surface area contributed by atoms with E-state index in [0.717, 1.165) is 29.7 Å². The van der Waals surface area contributed by atoms with Gasteiger partial charge in [0.25, 0.3) is 0 Å². The maximum Gasteiger partial charge on any atom is 0.132 e. The second-order valence-corrected chi connectivity index (χ2v) is 7.29. The monoisotopic (exact) mass is 367 g/mol. The van der Waals surface area contributed by atoms with E-state index in [1.54, 1.807) is 6.92 Å². The SMILES string of the molecule is CCCCCc1cc(O)c2c(c1)OCC(c1ccccc1)C2=NCC(C)O. The molecule has 2 aromatic rings. The Bertz CT molecular complexity index is 784. The minimum atomic E-state index is -0.532. The van der Waals surface area contributed by atoms with Crippen LogP contribution in [-0.4, -0.2) is 35.2 Å². The van der Waals surface area contributed by atoms with Gasteiger partial charge in [-0.05, 0) is 43.0 Å². The zero-order chi connectivity index (χ0) is 19.2. The Hall–Kier alpha value is -2.33. The first-order chi connectivity index (χ1) is 13.1. The number of rotatable bonds is 7. The average molecular weight is 367 g/mol. The molecule has 0 aliphatic carbocycles. The molecule has 0 spiro atoms. The fourth-order valence-corrected chi connectivity index (χ4v) is 3.54. The van der Waals surface area contributed by atoms with Crippen molar-refractivity contribution in [2.75, 3.05) is 13.2 Å². The molecule has 4 nitrogen and oxygen atoms in total. The lowest BCUT2D eigenvalue weighted by Gasteiger charge is -2.29. The van der Waals surface area contributed by atoms with Crippen LogP contribution < -0.4 is 4.74 Å². The smallest absolute Gasteiger partial charge is 0.132 e. The van der Waals surface area contributed by atoms with E-state index in [9.17, 15) is 10.2 Å². The van der Waals surface area contributed by atoms with E-state index in [-0.39, 0.29) is 11.7 Å². The molecule has 4 heteroatoms. The molecule has 1 heterocycles. The lowest BCUT2D eigenvalue weighted by Crippen LogP contribution is -2.28. The van der Waals surface area contributed by atoms with Gasteiger partial charge in [0.1, 0.15) is 18.1 Å². The molecule has 0 aromatic heterocycles. The molecule has 0 saturated heterocycles. The molecule has 2 aromatic carbocycles. The zero-order valence-corrected chi connectivity index (χ0v) is 16.2. The number of aliphatic imine (C=N–C) groups is 1. The van der Waals surface area contributed by atoms with Crippen molar-refractivity contribution in [3.63, 3.8) is 0 Å².